The predicted molar refractivity (Wildman–Crippen MR) is 131 cm³/mol. The summed E-state index contributed by atoms with van der Waals surface area (Å²) in [5.74, 6) is 4.33. The van der Waals surface area contributed by atoms with Crippen LogP contribution in [0.3, 0.4) is 0 Å². The molecule has 0 radical (unpaired) electrons. The van der Waals surface area contributed by atoms with Crippen molar-refractivity contribution in [3.63, 3.8) is 0 Å². The summed E-state index contributed by atoms with van der Waals surface area (Å²) in [6, 6.07) is 11.0. The second kappa shape index (κ2) is 12.6. The normalized spacial score (nSPS) is 12.1. The van der Waals surface area contributed by atoms with E-state index in [9.17, 15) is 9.00 Å². The standard InChI is InChI=1S/C19H22N4O3S.C4H8O2/c1-25-11-12-26-18-16(17-5-4-10-20-17)13-21-19(23-18)22-14-6-8-15(9-7-14)27(2,3)24;1-3-6-4(2)5/h4-10,13,20H,2,11-12H2,1,3H3,(H,21,22,23);3H2,1-2H3. The van der Waals surface area contributed by atoms with Crippen LogP contribution in [0.15, 0.2) is 53.7 Å². The van der Waals surface area contributed by atoms with Crippen molar-refractivity contribution in [2.75, 3.05) is 38.5 Å². The van der Waals surface area contributed by atoms with Crippen LogP contribution in [-0.4, -0.2) is 64.2 Å². The Morgan fingerprint density at radius 1 is 1.21 bits per heavy atom. The van der Waals surface area contributed by atoms with Gasteiger partial charge in [0.25, 0.3) is 0 Å². The lowest BCUT2D eigenvalue weighted by Gasteiger charge is -2.12. The number of H-pyrrole nitrogens is 1. The van der Waals surface area contributed by atoms with Crippen LogP contribution in [0.2, 0.25) is 0 Å². The summed E-state index contributed by atoms with van der Waals surface area (Å²) in [6.45, 7) is 4.49. The Balaban J connectivity index is 0.000000569. The maximum Gasteiger partial charge on any atom is 0.302 e. The summed E-state index contributed by atoms with van der Waals surface area (Å²) in [4.78, 5) is 22.5. The molecule has 178 valence electrons. The number of hydrogen-bond donors (Lipinski definition) is 2. The molecule has 0 bridgehead atoms. The molecular weight excluding hydrogens is 444 g/mol. The van der Waals surface area contributed by atoms with E-state index in [1.165, 1.54) is 6.92 Å². The third-order valence-corrected chi connectivity index (χ3v) is 5.39. The first-order valence-electron chi connectivity index (χ1n) is 10.2. The molecule has 0 aliphatic heterocycles. The lowest BCUT2D eigenvalue weighted by atomic mass is 10.2. The van der Waals surface area contributed by atoms with Gasteiger partial charge in [-0.15, -0.1) is 0 Å². The Hall–Kier alpha value is -3.37. The highest BCUT2D eigenvalue weighted by atomic mass is 32.2. The molecular formula is C23H30N4O5S. The molecule has 3 rings (SSSR count). The fraction of sp³-hybridized carbons (Fsp3) is 0.304. The molecule has 0 aliphatic rings. The van der Waals surface area contributed by atoms with Crippen LogP contribution < -0.4 is 10.1 Å². The Labute approximate surface area is 194 Å². The van der Waals surface area contributed by atoms with Gasteiger partial charge in [-0.05, 0) is 58.7 Å². The van der Waals surface area contributed by atoms with Crippen molar-refractivity contribution in [1.82, 2.24) is 15.0 Å². The van der Waals surface area contributed by atoms with Gasteiger partial charge in [0, 0.05) is 43.3 Å². The van der Waals surface area contributed by atoms with E-state index in [1.807, 2.05) is 30.5 Å². The van der Waals surface area contributed by atoms with E-state index in [1.54, 1.807) is 38.6 Å². The Bertz CT molecular complexity index is 1110. The molecule has 1 unspecified atom stereocenters. The minimum absolute atomic E-state index is 0.211. The molecule has 0 amide bonds. The van der Waals surface area contributed by atoms with E-state index in [2.05, 4.69) is 30.9 Å². The SMILES string of the molecule is C=S(C)(=O)c1ccc(Nc2ncc(-c3ccc[nH]3)c(OCCOC)n2)cc1.CCOC(C)=O. The highest BCUT2D eigenvalue weighted by Crippen LogP contribution is 2.28. The summed E-state index contributed by atoms with van der Waals surface area (Å²) in [5.41, 5.74) is 2.41. The van der Waals surface area contributed by atoms with Crippen molar-refractivity contribution < 1.29 is 23.2 Å². The Morgan fingerprint density at radius 3 is 2.45 bits per heavy atom. The fourth-order valence-corrected chi connectivity index (χ4v) is 3.31. The van der Waals surface area contributed by atoms with Crippen LogP contribution >= 0.6 is 0 Å². The molecule has 0 saturated heterocycles. The number of methoxy groups -OCH3 is 1. The van der Waals surface area contributed by atoms with Crippen LogP contribution in [0.5, 0.6) is 5.88 Å². The van der Waals surface area contributed by atoms with E-state index >= 15 is 0 Å². The lowest BCUT2D eigenvalue weighted by molar-refractivity contribution is -0.140. The van der Waals surface area contributed by atoms with Gasteiger partial charge in [-0.3, -0.25) is 9.00 Å². The molecule has 10 heteroatoms. The minimum atomic E-state index is -2.24. The first-order chi connectivity index (χ1) is 15.7. The smallest absolute Gasteiger partial charge is 0.302 e. The Kier molecular flexibility index (Phi) is 9.89. The number of anilines is 2. The molecule has 2 N–H and O–H groups in total. The van der Waals surface area contributed by atoms with Crippen LogP contribution in [-0.2, 0) is 23.8 Å². The summed E-state index contributed by atoms with van der Waals surface area (Å²) in [5, 5.41) is 3.13. The maximum atomic E-state index is 12.0. The number of aromatic nitrogens is 3. The molecule has 1 atom stereocenters. The zero-order chi connectivity index (χ0) is 24.3. The monoisotopic (exact) mass is 474 g/mol. The van der Waals surface area contributed by atoms with Crippen LogP contribution in [0.25, 0.3) is 11.3 Å². The molecule has 0 fully saturated rings. The number of hydrogen-bond acceptors (Lipinski definition) is 8. The molecule has 0 aliphatic carbocycles. The zero-order valence-electron chi connectivity index (χ0n) is 19.3. The number of carbonyl (C=O) groups is 1. The number of aromatic amines is 1. The van der Waals surface area contributed by atoms with Crippen molar-refractivity contribution in [3.8, 4) is 17.1 Å². The Morgan fingerprint density at radius 2 is 1.94 bits per heavy atom. The van der Waals surface area contributed by atoms with E-state index < -0.39 is 9.52 Å². The number of benzene rings is 1. The van der Waals surface area contributed by atoms with Gasteiger partial charge >= 0.3 is 5.97 Å². The second-order valence-corrected chi connectivity index (χ2v) is 9.40. The molecule has 1 aromatic carbocycles. The zero-order valence-corrected chi connectivity index (χ0v) is 20.1. The van der Waals surface area contributed by atoms with Gasteiger partial charge in [-0.1, -0.05) is 0 Å². The topological polar surface area (TPSA) is 115 Å². The van der Waals surface area contributed by atoms with E-state index in [4.69, 9.17) is 9.47 Å². The summed E-state index contributed by atoms with van der Waals surface area (Å²) < 4.78 is 27.2. The molecule has 33 heavy (non-hydrogen) atoms. The number of carbonyl (C=O) groups excluding carboxylic acids is 1. The lowest BCUT2D eigenvalue weighted by Crippen LogP contribution is -2.08. The van der Waals surface area contributed by atoms with Gasteiger partial charge in [0.2, 0.25) is 11.8 Å². The number of nitrogens with zero attached hydrogens (tertiary/aromatic N) is 2. The minimum Gasteiger partial charge on any atom is -0.475 e. The summed E-state index contributed by atoms with van der Waals surface area (Å²) >= 11 is 0. The van der Waals surface area contributed by atoms with Crippen molar-refractivity contribution in [3.05, 3.63) is 48.8 Å². The first-order valence-corrected chi connectivity index (χ1v) is 12.3. The van der Waals surface area contributed by atoms with Crippen LogP contribution in [0.4, 0.5) is 11.6 Å². The molecule has 0 saturated carbocycles. The highest BCUT2D eigenvalue weighted by molar-refractivity contribution is 7.99. The molecule has 9 nitrogen and oxygen atoms in total. The number of nitrogens with one attached hydrogen (secondary N) is 2. The van der Waals surface area contributed by atoms with Crippen molar-refractivity contribution >= 4 is 33.0 Å². The predicted octanol–water partition coefficient (Wildman–Crippen LogP) is 3.52. The van der Waals surface area contributed by atoms with Gasteiger partial charge < -0.3 is 24.5 Å². The third-order valence-electron chi connectivity index (χ3n) is 4.12. The quantitative estimate of drug-likeness (QED) is 0.275. The fourth-order valence-electron chi connectivity index (χ4n) is 2.60. The summed E-state index contributed by atoms with van der Waals surface area (Å²) in [7, 11) is -0.620. The van der Waals surface area contributed by atoms with Crippen molar-refractivity contribution in [2.24, 2.45) is 0 Å². The summed E-state index contributed by atoms with van der Waals surface area (Å²) in [6.07, 6.45) is 5.14. The van der Waals surface area contributed by atoms with Gasteiger partial charge in [0.05, 0.1) is 24.5 Å². The highest BCUT2D eigenvalue weighted by Gasteiger charge is 2.12. The van der Waals surface area contributed by atoms with Crippen molar-refractivity contribution in [1.29, 1.82) is 0 Å². The number of ether oxygens (including phenoxy) is 3. The molecule has 3 aromatic rings. The molecule has 2 heterocycles. The number of esters is 1. The van der Waals surface area contributed by atoms with Crippen molar-refractivity contribution in [2.45, 2.75) is 18.7 Å². The second-order valence-electron chi connectivity index (χ2n) is 6.92. The first kappa shape index (κ1) is 25.9. The maximum absolute atomic E-state index is 12.0. The molecule has 0 spiro atoms. The number of rotatable bonds is 9. The third kappa shape index (κ3) is 8.59. The van der Waals surface area contributed by atoms with E-state index in [-0.39, 0.29) is 5.97 Å². The average molecular weight is 475 g/mol. The van der Waals surface area contributed by atoms with E-state index in [0.717, 1.165) is 16.9 Å². The van der Waals surface area contributed by atoms with E-state index in [0.29, 0.717) is 36.5 Å². The molecule has 2 aromatic heterocycles. The van der Waals surface area contributed by atoms with Gasteiger partial charge in [-0.25, -0.2) is 4.98 Å². The largest absolute Gasteiger partial charge is 0.475 e. The van der Waals surface area contributed by atoms with Gasteiger partial charge in [0.15, 0.2) is 0 Å². The van der Waals surface area contributed by atoms with Crippen LogP contribution in [0.1, 0.15) is 13.8 Å². The van der Waals surface area contributed by atoms with Gasteiger partial charge in [-0.2, -0.15) is 4.98 Å². The van der Waals surface area contributed by atoms with Gasteiger partial charge in [0.1, 0.15) is 6.61 Å². The van der Waals surface area contributed by atoms with Crippen LogP contribution in [0, 0.1) is 0 Å². The average Bonchev–Trinajstić information content (AvgIpc) is 3.29.